The molecular weight excluding hydrogens is 360 g/mol. The van der Waals surface area contributed by atoms with Crippen LogP contribution in [0.3, 0.4) is 0 Å². The molecule has 0 fully saturated rings. The van der Waals surface area contributed by atoms with Crippen LogP contribution in [-0.4, -0.2) is 15.9 Å². The fraction of sp³-hybridized carbons (Fsp3) is 0.292. The van der Waals surface area contributed by atoms with Crippen LogP contribution in [0.15, 0.2) is 54.6 Å². The maximum atomic E-state index is 12.6. The first-order valence-corrected chi connectivity index (χ1v) is 9.78. The predicted octanol–water partition coefficient (Wildman–Crippen LogP) is 5.06. The molecule has 1 amide bonds. The summed E-state index contributed by atoms with van der Waals surface area (Å²) >= 11 is 0. The molecule has 29 heavy (non-hydrogen) atoms. The second-order valence-electron chi connectivity index (χ2n) is 8.28. The lowest BCUT2D eigenvalue weighted by Crippen LogP contribution is -2.24. The van der Waals surface area contributed by atoms with Gasteiger partial charge in [0.05, 0.1) is 0 Å². The fourth-order valence-corrected chi connectivity index (χ4v) is 3.00. The zero-order chi connectivity index (χ0) is 21.0. The van der Waals surface area contributed by atoms with Gasteiger partial charge in [-0.2, -0.15) is 0 Å². The van der Waals surface area contributed by atoms with E-state index in [2.05, 4.69) is 53.5 Å². The van der Waals surface area contributed by atoms with E-state index in [-0.39, 0.29) is 11.3 Å². The van der Waals surface area contributed by atoms with E-state index >= 15 is 0 Å². The van der Waals surface area contributed by atoms with Crippen molar-refractivity contribution >= 4 is 17.5 Å². The predicted molar refractivity (Wildman–Crippen MR) is 118 cm³/mol. The van der Waals surface area contributed by atoms with Gasteiger partial charge in [0.1, 0.15) is 5.69 Å². The molecule has 3 aromatic rings. The average Bonchev–Trinajstić information content (AvgIpc) is 2.66. The molecule has 150 valence electrons. The van der Waals surface area contributed by atoms with Crippen LogP contribution in [0, 0.1) is 13.8 Å². The zero-order valence-electron chi connectivity index (χ0n) is 17.7. The number of aryl methyl sites for hydroxylation is 2. The molecule has 0 aliphatic rings. The van der Waals surface area contributed by atoms with Crippen LogP contribution in [0.4, 0.5) is 11.6 Å². The van der Waals surface area contributed by atoms with Crippen LogP contribution in [0.1, 0.15) is 53.6 Å². The minimum absolute atomic E-state index is 0.0979. The monoisotopic (exact) mass is 388 g/mol. The summed E-state index contributed by atoms with van der Waals surface area (Å²) in [6.45, 7) is 10.9. The van der Waals surface area contributed by atoms with Crippen LogP contribution >= 0.6 is 0 Å². The van der Waals surface area contributed by atoms with Gasteiger partial charge in [-0.15, -0.1) is 0 Å². The molecule has 5 nitrogen and oxygen atoms in total. The van der Waals surface area contributed by atoms with Gasteiger partial charge in [-0.05, 0) is 54.2 Å². The number of aromatic nitrogens is 2. The summed E-state index contributed by atoms with van der Waals surface area (Å²) in [6, 6.07) is 17.9. The number of nitrogens with one attached hydrogen (secondary N) is 2. The number of anilines is 2. The normalized spacial score (nSPS) is 11.2. The molecule has 5 heteroatoms. The Labute approximate surface area is 172 Å². The number of benzene rings is 2. The molecule has 0 spiro atoms. The summed E-state index contributed by atoms with van der Waals surface area (Å²) in [6.07, 6.45) is 0. The lowest BCUT2D eigenvalue weighted by molar-refractivity contribution is 0.0945. The molecule has 1 aromatic heterocycles. The summed E-state index contributed by atoms with van der Waals surface area (Å²) in [5, 5.41) is 6.14. The van der Waals surface area contributed by atoms with Crippen LogP contribution in [0.5, 0.6) is 0 Å². The Morgan fingerprint density at radius 1 is 0.966 bits per heavy atom. The smallest absolute Gasteiger partial charge is 0.270 e. The van der Waals surface area contributed by atoms with E-state index in [1.807, 2.05) is 50.2 Å². The molecule has 0 atom stereocenters. The van der Waals surface area contributed by atoms with Crippen molar-refractivity contribution in [3.8, 4) is 0 Å². The third-order valence-corrected chi connectivity index (χ3v) is 4.79. The first-order chi connectivity index (χ1) is 13.7. The summed E-state index contributed by atoms with van der Waals surface area (Å²) < 4.78 is 0. The van der Waals surface area contributed by atoms with Crippen LogP contribution in [0.2, 0.25) is 0 Å². The Morgan fingerprint density at radius 2 is 1.66 bits per heavy atom. The standard InChI is InChI=1S/C24H28N4O/c1-16-8-6-7-9-18(16)15-25-22(29)21-14-17(2)26-23(28-21)27-20-12-10-19(11-13-20)24(3,4)5/h6-14H,15H2,1-5H3,(H,25,29)(H,26,27,28). The van der Waals surface area contributed by atoms with Crippen molar-refractivity contribution in [1.82, 2.24) is 15.3 Å². The zero-order valence-corrected chi connectivity index (χ0v) is 17.7. The van der Waals surface area contributed by atoms with Gasteiger partial charge >= 0.3 is 0 Å². The van der Waals surface area contributed by atoms with Crippen LogP contribution in [-0.2, 0) is 12.0 Å². The summed E-state index contributed by atoms with van der Waals surface area (Å²) in [5.74, 6) is 0.194. The number of amides is 1. The Balaban J connectivity index is 1.72. The Morgan fingerprint density at radius 3 is 2.31 bits per heavy atom. The van der Waals surface area contributed by atoms with Gasteiger partial charge in [0, 0.05) is 17.9 Å². The van der Waals surface area contributed by atoms with Crippen molar-refractivity contribution in [3.63, 3.8) is 0 Å². The van der Waals surface area contributed by atoms with Crippen molar-refractivity contribution in [1.29, 1.82) is 0 Å². The molecule has 0 saturated carbocycles. The van der Waals surface area contributed by atoms with Gasteiger partial charge < -0.3 is 10.6 Å². The molecule has 3 rings (SSSR count). The molecule has 1 heterocycles. The van der Waals surface area contributed by atoms with E-state index in [9.17, 15) is 4.79 Å². The van der Waals surface area contributed by atoms with E-state index < -0.39 is 0 Å². The van der Waals surface area contributed by atoms with E-state index in [4.69, 9.17) is 0 Å². The summed E-state index contributed by atoms with van der Waals surface area (Å²) in [7, 11) is 0. The number of rotatable bonds is 5. The second-order valence-corrected chi connectivity index (χ2v) is 8.28. The number of hydrogen-bond acceptors (Lipinski definition) is 4. The van der Waals surface area contributed by atoms with Crippen molar-refractivity contribution in [2.75, 3.05) is 5.32 Å². The number of carbonyl (C=O) groups is 1. The fourth-order valence-electron chi connectivity index (χ4n) is 3.00. The summed E-state index contributed by atoms with van der Waals surface area (Å²) in [5.41, 5.74) is 5.55. The van der Waals surface area contributed by atoms with E-state index in [0.717, 1.165) is 22.5 Å². The van der Waals surface area contributed by atoms with E-state index in [0.29, 0.717) is 18.2 Å². The van der Waals surface area contributed by atoms with Crippen molar-refractivity contribution in [2.45, 2.75) is 46.6 Å². The first kappa shape index (κ1) is 20.5. The van der Waals surface area contributed by atoms with Crippen LogP contribution < -0.4 is 10.6 Å². The quantitative estimate of drug-likeness (QED) is 0.641. The maximum Gasteiger partial charge on any atom is 0.270 e. The molecule has 0 saturated heterocycles. The number of hydrogen-bond donors (Lipinski definition) is 2. The van der Waals surface area contributed by atoms with Gasteiger partial charge in [0.25, 0.3) is 5.91 Å². The first-order valence-electron chi connectivity index (χ1n) is 9.78. The number of nitrogens with zero attached hydrogens (tertiary/aromatic N) is 2. The van der Waals surface area contributed by atoms with Crippen LogP contribution in [0.25, 0.3) is 0 Å². The Hall–Kier alpha value is -3.21. The minimum Gasteiger partial charge on any atom is -0.347 e. The van der Waals surface area contributed by atoms with Crippen molar-refractivity contribution in [2.24, 2.45) is 0 Å². The molecule has 0 aliphatic carbocycles. The SMILES string of the molecule is Cc1cc(C(=O)NCc2ccccc2C)nc(Nc2ccc(C(C)(C)C)cc2)n1. The van der Waals surface area contributed by atoms with E-state index in [1.54, 1.807) is 6.07 Å². The largest absolute Gasteiger partial charge is 0.347 e. The topological polar surface area (TPSA) is 66.9 Å². The van der Waals surface area contributed by atoms with Gasteiger partial charge in [0.2, 0.25) is 5.95 Å². The lowest BCUT2D eigenvalue weighted by atomic mass is 9.87. The molecule has 0 unspecified atom stereocenters. The molecule has 2 aromatic carbocycles. The average molecular weight is 389 g/mol. The Bertz CT molecular complexity index is 1000. The molecular formula is C24H28N4O. The van der Waals surface area contributed by atoms with Gasteiger partial charge in [-0.25, -0.2) is 9.97 Å². The third kappa shape index (κ3) is 5.41. The van der Waals surface area contributed by atoms with Gasteiger partial charge in [0.15, 0.2) is 0 Å². The molecule has 0 aliphatic heterocycles. The third-order valence-electron chi connectivity index (χ3n) is 4.79. The highest BCUT2D eigenvalue weighted by atomic mass is 16.1. The lowest BCUT2D eigenvalue weighted by Gasteiger charge is -2.19. The maximum absolute atomic E-state index is 12.6. The van der Waals surface area contributed by atoms with E-state index in [1.165, 1.54) is 5.56 Å². The minimum atomic E-state index is -0.218. The van der Waals surface area contributed by atoms with Crippen molar-refractivity contribution in [3.05, 3.63) is 82.7 Å². The number of carbonyl (C=O) groups excluding carboxylic acids is 1. The molecule has 0 radical (unpaired) electrons. The highest BCUT2D eigenvalue weighted by Crippen LogP contribution is 2.24. The highest BCUT2D eigenvalue weighted by Gasteiger charge is 2.14. The van der Waals surface area contributed by atoms with Crippen molar-refractivity contribution < 1.29 is 4.79 Å². The molecule has 2 N–H and O–H groups in total. The second kappa shape index (κ2) is 8.43. The highest BCUT2D eigenvalue weighted by molar-refractivity contribution is 5.92. The molecule has 0 bridgehead atoms. The summed E-state index contributed by atoms with van der Waals surface area (Å²) in [4.78, 5) is 21.4. The van der Waals surface area contributed by atoms with Gasteiger partial charge in [-0.3, -0.25) is 4.79 Å². The van der Waals surface area contributed by atoms with Gasteiger partial charge in [-0.1, -0.05) is 57.2 Å². The Kier molecular flexibility index (Phi) is 5.97.